The molecule has 2 heterocycles. The molecule has 18 heavy (non-hydrogen) atoms. The summed E-state index contributed by atoms with van der Waals surface area (Å²) in [4.78, 5) is 13.1. The van der Waals surface area contributed by atoms with Gasteiger partial charge < -0.3 is 9.80 Å². The molecule has 0 N–H and O–H groups in total. The van der Waals surface area contributed by atoms with Crippen LogP contribution in [0, 0.1) is 5.92 Å². The topological polar surface area (TPSA) is 32.3 Å². The largest absolute Gasteiger partial charge is 0.356 e. The van der Waals surface area contributed by atoms with Crippen LogP contribution >= 0.6 is 11.6 Å². The zero-order chi connectivity index (χ0) is 13.0. The molecule has 5 heteroatoms. The van der Waals surface area contributed by atoms with E-state index in [4.69, 9.17) is 11.6 Å². The van der Waals surface area contributed by atoms with Crippen molar-refractivity contribution in [2.24, 2.45) is 5.92 Å². The highest BCUT2D eigenvalue weighted by molar-refractivity contribution is 6.17. The van der Waals surface area contributed by atoms with Crippen molar-refractivity contribution in [3.63, 3.8) is 0 Å². The lowest BCUT2D eigenvalue weighted by Crippen LogP contribution is -2.36. The first-order chi connectivity index (χ1) is 8.70. The molecule has 1 aromatic heterocycles. The third-order valence-electron chi connectivity index (χ3n) is 3.39. The molecule has 0 bridgehead atoms. The van der Waals surface area contributed by atoms with Crippen LogP contribution in [0.15, 0.2) is 12.3 Å². The van der Waals surface area contributed by atoms with Gasteiger partial charge in [-0.2, -0.15) is 4.98 Å². The number of rotatable bonds is 4. The van der Waals surface area contributed by atoms with Gasteiger partial charge in [-0.1, -0.05) is 0 Å². The first-order valence-electron chi connectivity index (χ1n) is 6.52. The standard InChI is InChI=1S/C13H21ClN4/c1-17(2)13-15-8-6-12(16-13)18-9-3-4-11(10-18)5-7-14/h6,8,11H,3-5,7,9-10H2,1-2H3. The van der Waals surface area contributed by atoms with E-state index < -0.39 is 0 Å². The maximum atomic E-state index is 5.84. The predicted octanol–water partition coefficient (Wildman–Crippen LogP) is 2.39. The Balaban J connectivity index is 2.08. The Bertz CT molecular complexity index is 381. The van der Waals surface area contributed by atoms with Crippen molar-refractivity contribution < 1.29 is 0 Å². The normalized spacial score (nSPS) is 19.9. The minimum Gasteiger partial charge on any atom is -0.356 e. The van der Waals surface area contributed by atoms with Crippen LogP contribution in [0.3, 0.4) is 0 Å². The van der Waals surface area contributed by atoms with Crippen LogP contribution in [-0.2, 0) is 0 Å². The van der Waals surface area contributed by atoms with Crippen LogP contribution in [0.4, 0.5) is 11.8 Å². The number of piperidine rings is 1. The lowest BCUT2D eigenvalue weighted by atomic mass is 9.96. The van der Waals surface area contributed by atoms with E-state index in [1.165, 1.54) is 12.8 Å². The number of hydrogen-bond acceptors (Lipinski definition) is 4. The molecular weight excluding hydrogens is 248 g/mol. The van der Waals surface area contributed by atoms with Crippen LogP contribution in [0.25, 0.3) is 0 Å². The number of alkyl halides is 1. The van der Waals surface area contributed by atoms with Gasteiger partial charge in [0.2, 0.25) is 5.95 Å². The number of anilines is 2. The van der Waals surface area contributed by atoms with Crippen molar-refractivity contribution in [1.29, 1.82) is 0 Å². The molecule has 4 nitrogen and oxygen atoms in total. The van der Waals surface area contributed by atoms with Gasteiger partial charge in [-0.3, -0.25) is 0 Å². The molecule has 1 aromatic rings. The molecule has 0 aromatic carbocycles. The molecular formula is C13H21ClN4. The van der Waals surface area contributed by atoms with Crippen LogP contribution in [0.2, 0.25) is 0 Å². The smallest absolute Gasteiger partial charge is 0.226 e. The zero-order valence-electron chi connectivity index (χ0n) is 11.1. The van der Waals surface area contributed by atoms with Gasteiger partial charge >= 0.3 is 0 Å². The second-order valence-corrected chi connectivity index (χ2v) is 5.42. The quantitative estimate of drug-likeness (QED) is 0.785. The first-order valence-corrected chi connectivity index (χ1v) is 7.05. The Labute approximate surface area is 114 Å². The van der Waals surface area contributed by atoms with E-state index in [1.807, 2.05) is 31.3 Å². The Hall–Kier alpha value is -1.03. The average molecular weight is 269 g/mol. The molecule has 1 fully saturated rings. The summed E-state index contributed by atoms with van der Waals surface area (Å²) in [6, 6.07) is 2.00. The van der Waals surface area contributed by atoms with E-state index >= 15 is 0 Å². The third kappa shape index (κ3) is 3.25. The Morgan fingerprint density at radius 2 is 2.33 bits per heavy atom. The van der Waals surface area contributed by atoms with Crippen molar-refractivity contribution in [3.05, 3.63) is 12.3 Å². The van der Waals surface area contributed by atoms with Crippen molar-refractivity contribution in [2.75, 3.05) is 42.9 Å². The molecule has 0 spiro atoms. The van der Waals surface area contributed by atoms with E-state index in [0.29, 0.717) is 5.92 Å². The fraction of sp³-hybridized carbons (Fsp3) is 0.692. The molecule has 1 unspecified atom stereocenters. The lowest BCUT2D eigenvalue weighted by molar-refractivity contribution is 0.404. The Morgan fingerprint density at radius 3 is 3.06 bits per heavy atom. The second kappa shape index (κ2) is 6.23. The third-order valence-corrected chi connectivity index (χ3v) is 3.61. The van der Waals surface area contributed by atoms with Gasteiger partial charge in [-0.15, -0.1) is 11.6 Å². The average Bonchev–Trinajstić information content (AvgIpc) is 2.39. The fourth-order valence-electron chi connectivity index (χ4n) is 2.39. The highest BCUT2D eigenvalue weighted by atomic mass is 35.5. The van der Waals surface area contributed by atoms with Crippen molar-refractivity contribution >= 4 is 23.4 Å². The summed E-state index contributed by atoms with van der Waals surface area (Å²) in [6.45, 7) is 2.15. The molecule has 1 saturated heterocycles. The summed E-state index contributed by atoms with van der Waals surface area (Å²) >= 11 is 5.84. The van der Waals surface area contributed by atoms with E-state index in [9.17, 15) is 0 Å². The summed E-state index contributed by atoms with van der Waals surface area (Å²) in [6.07, 6.45) is 5.45. The van der Waals surface area contributed by atoms with E-state index in [-0.39, 0.29) is 0 Å². The predicted molar refractivity (Wildman–Crippen MR) is 76.6 cm³/mol. The fourth-order valence-corrected chi connectivity index (χ4v) is 2.70. The van der Waals surface area contributed by atoms with Crippen LogP contribution in [0.5, 0.6) is 0 Å². The van der Waals surface area contributed by atoms with Crippen LogP contribution in [-0.4, -0.2) is 43.0 Å². The molecule has 1 aliphatic heterocycles. The minimum absolute atomic E-state index is 0.703. The Kier molecular flexibility index (Phi) is 4.64. The second-order valence-electron chi connectivity index (χ2n) is 5.04. The summed E-state index contributed by atoms with van der Waals surface area (Å²) in [5.74, 6) is 3.26. The van der Waals surface area contributed by atoms with Crippen molar-refractivity contribution in [1.82, 2.24) is 9.97 Å². The molecule has 0 saturated carbocycles. The molecule has 0 aliphatic carbocycles. The molecule has 1 aliphatic rings. The summed E-state index contributed by atoms with van der Waals surface area (Å²) in [5.41, 5.74) is 0. The summed E-state index contributed by atoms with van der Waals surface area (Å²) < 4.78 is 0. The maximum Gasteiger partial charge on any atom is 0.226 e. The SMILES string of the molecule is CN(C)c1nccc(N2CCCC(CCCl)C2)n1. The van der Waals surface area contributed by atoms with Crippen molar-refractivity contribution in [3.8, 4) is 0 Å². The van der Waals surface area contributed by atoms with Gasteiger partial charge in [0.05, 0.1) is 0 Å². The Morgan fingerprint density at radius 1 is 1.50 bits per heavy atom. The van der Waals surface area contributed by atoms with E-state index in [0.717, 1.165) is 37.2 Å². The molecule has 100 valence electrons. The lowest BCUT2D eigenvalue weighted by Gasteiger charge is -2.33. The molecule has 0 radical (unpaired) electrons. The zero-order valence-corrected chi connectivity index (χ0v) is 11.9. The van der Waals surface area contributed by atoms with Gasteiger partial charge in [0.25, 0.3) is 0 Å². The van der Waals surface area contributed by atoms with Crippen molar-refractivity contribution in [2.45, 2.75) is 19.3 Å². The van der Waals surface area contributed by atoms with Gasteiger partial charge in [0, 0.05) is 39.3 Å². The summed E-state index contributed by atoms with van der Waals surface area (Å²) in [7, 11) is 3.93. The number of nitrogens with zero attached hydrogens (tertiary/aromatic N) is 4. The van der Waals surface area contributed by atoms with Crippen LogP contribution in [0.1, 0.15) is 19.3 Å². The minimum atomic E-state index is 0.703. The maximum absolute atomic E-state index is 5.84. The van der Waals surface area contributed by atoms with E-state index in [2.05, 4.69) is 14.9 Å². The van der Waals surface area contributed by atoms with Gasteiger partial charge in [-0.05, 0) is 31.2 Å². The van der Waals surface area contributed by atoms with Crippen LogP contribution < -0.4 is 9.80 Å². The highest BCUT2D eigenvalue weighted by Crippen LogP contribution is 2.24. The number of aromatic nitrogens is 2. The first kappa shape index (κ1) is 13.4. The van der Waals surface area contributed by atoms with Gasteiger partial charge in [0.15, 0.2) is 0 Å². The van der Waals surface area contributed by atoms with Gasteiger partial charge in [-0.25, -0.2) is 4.98 Å². The summed E-state index contributed by atoms with van der Waals surface area (Å²) in [5, 5.41) is 0. The molecule has 0 amide bonds. The monoisotopic (exact) mass is 268 g/mol. The van der Waals surface area contributed by atoms with E-state index in [1.54, 1.807) is 0 Å². The molecule has 1 atom stereocenters. The molecule has 2 rings (SSSR count). The highest BCUT2D eigenvalue weighted by Gasteiger charge is 2.20. The van der Waals surface area contributed by atoms with Gasteiger partial charge in [0.1, 0.15) is 5.82 Å². The number of halogens is 1. The number of hydrogen-bond donors (Lipinski definition) is 0.